The van der Waals surface area contributed by atoms with E-state index in [2.05, 4.69) is 23.9 Å². The Labute approximate surface area is 114 Å². The van der Waals surface area contributed by atoms with Gasteiger partial charge in [-0.1, -0.05) is 25.1 Å². The Morgan fingerprint density at radius 1 is 1.39 bits per heavy atom. The second-order valence-corrected chi connectivity index (χ2v) is 5.63. The number of thiocarbonyl (C=S) groups is 1. The second kappa shape index (κ2) is 5.22. The fraction of sp³-hybridized carbons (Fsp3) is 0.571. The van der Waals surface area contributed by atoms with Gasteiger partial charge in [0.15, 0.2) is 0 Å². The Bertz CT molecular complexity index is 464. The average molecular weight is 263 g/mol. The van der Waals surface area contributed by atoms with E-state index >= 15 is 0 Å². The van der Waals surface area contributed by atoms with Crippen LogP contribution in [0.4, 0.5) is 5.82 Å². The van der Waals surface area contributed by atoms with Crippen molar-refractivity contribution in [2.24, 2.45) is 5.73 Å². The van der Waals surface area contributed by atoms with E-state index in [-0.39, 0.29) is 0 Å². The summed E-state index contributed by atoms with van der Waals surface area (Å²) in [6.07, 6.45) is 5.09. The van der Waals surface area contributed by atoms with Gasteiger partial charge in [-0.3, -0.25) is 0 Å². The molecule has 1 aliphatic carbocycles. The molecule has 98 valence electrons. The maximum atomic E-state index is 5.87. The lowest BCUT2D eigenvalue weighted by Crippen LogP contribution is -2.32. The first-order chi connectivity index (χ1) is 8.50. The summed E-state index contributed by atoms with van der Waals surface area (Å²) in [5.41, 5.74) is 8.94. The zero-order valence-corrected chi connectivity index (χ0v) is 12.2. The highest BCUT2D eigenvalue weighted by molar-refractivity contribution is 7.80. The first-order valence-corrected chi connectivity index (χ1v) is 6.92. The monoisotopic (exact) mass is 263 g/mol. The molecule has 1 aromatic heterocycles. The number of anilines is 1. The topological polar surface area (TPSA) is 42.1 Å². The molecular formula is C14H21N3S. The second-order valence-electron chi connectivity index (χ2n) is 5.19. The maximum Gasteiger partial charge on any atom is 0.139 e. The third-order valence-electron chi connectivity index (χ3n) is 3.78. The molecule has 0 aliphatic heterocycles. The molecule has 0 radical (unpaired) electrons. The Morgan fingerprint density at radius 3 is 2.56 bits per heavy atom. The summed E-state index contributed by atoms with van der Waals surface area (Å²) < 4.78 is 0. The van der Waals surface area contributed by atoms with E-state index in [9.17, 15) is 0 Å². The molecule has 1 aliphatic rings. The first-order valence-electron chi connectivity index (χ1n) is 6.51. The molecule has 2 rings (SSSR count). The molecule has 0 bridgehead atoms. The summed E-state index contributed by atoms with van der Waals surface area (Å²) in [6, 6.07) is 2.62. The van der Waals surface area contributed by atoms with Crippen LogP contribution < -0.4 is 10.6 Å². The Hall–Kier alpha value is -1.16. The minimum absolute atomic E-state index is 0.444. The predicted octanol–water partition coefficient (Wildman–Crippen LogP) is 2.71. The molecule has 2 N–H and O–H groups in total. The lowest BCUT2D eigenvalue weighted by Gasteiger charge is -2.28. The lowest BCUT2D eigenvalue weighted by molar-refractivity contribution is 0.645. The number of aromatic nitrogens is 1. The van der Waals surface area contributed by atoms with Crippen LogP contribution in [0.2, 0.25) is 0 Å². The van der Waals surface area contributed by atoms with Crippen LogP contribution in [0, 0.1) is 13.8 Å². The van der Waals surface area contributed by atoms with Gasteiger partial charge in [0, 0.05) is 18.8 Å². The molecular weight excluding hydrogens is 242 g/mol. The normalized spacial score (nSPS) is 15.9. The standard InChI is InChI=1S/C14H21N3S/c1-9-8-10(2)16-14(12(9)13(15)18)17(3)11-6-4-5-7-11/h8,11H,4-7H2,1-3H3,(H2,15,18). The molecule has 0 saturated heterocycles. The molecule has 4 heteroatoms. The zero-order valence-electron chi connectivity index (χ0n) is 11.4. The highest BCUT2D eigenvalue weighted by Gasteiger charge is 2.24. The van der Waals surface area contributed by atoms with E-state index in [0.717, 1.165) is 22.6 Å². The summed E-state index contributed by atoms with van der Waals surface area (Å²) in [5, 5.41) is 0. The summed E-state index contributed by atoms with van der Waals surface area (Å²) in [6.45, 7) is 4.07. The highest BCUT2D eigenvalue weighted by atomic mass is 32.1. The Kier molecular flexibility index (Phi) is 3.85. The SMILES string of the molecule is Cc1cc(C)c(C(N)=S)c(N(C)C2CCCC2)n1. The van der Waals surface area contributed by atoms with Gasteiger partial charge in [0.2, 0.25) is 0 Å². The molecule has 0 amide bonds. The molecule has 0 aromatic carbocycles. The largest absolute Gasteiger partial charge is 0.389 e. The van der Waals surface area contributed by atoms with Crippen molar-refractivity contribution < 1.29 is 0 Å². The van der Waals surface area contributed by atoms with Crippen LogP contribution >= 0.6 is 12.2 Å². The minimum atomic E-state index is 0.444. The third kappa shape index (κ3) is 2.48. The van der Waals surface area contributed by atoms with Crippen molar-refractivity contribution in [1.29, 1.82) is 0 Å². The van der Waals surface area contributed by atoms with E-state index in [4.69, 9.17) is 18.0 Å². The van der Waals surface area contributed by atoms with Gasteiger partial charge >= 0.3 is 0 Å². The summed E-state index contributed by atoms with van der Waals surface area (Å²) in [7, 11) is 2.11. The van der Waals surface area contributed by atoms with E-state index < -0.39 is 0 Å². The molecule has 1 heterocycles. The molecule has 1 fully saturated rings. The molecule has 0 spiro atoms. The van der Waals surface area contributed by atoms with Crippen molar-refractivity contribution in [2.75, 3.05) is 11.9 Å². The average Bonchev–Trinajstić information content (AvgIpc) is 2.79. The van der Waals surface area contributed by atoms with E-state index in [1.54, 1.807) is 0 Å². The van der Waals surface area contributed by atoms with Gasteiger partial charge in [-0.15, -0.1) is 0 Å². The van der Waals surface area contributed by atoms with E-state index in [0.29, 0.717) is 11.0 Å². The third-order valence-corrected chi connectivity index (χ3v) is 3.98. The molecule has 0 unspecified atom stereocenters. The van der Waals surface area contributed by atoms with Crippen molar-refractivity contribution in [3.63, 3.8) is 0 Å². The fourth-order valence-corrected chi connectivity index (χ4v) is 3.09. The van der Waals surface area contributed by atoms with Crippen LogP contribution in [0.1, 0.15) is 42.5 Å². The van der Waals surface area contributed by atoms with Crippen LogP contribution in [0.3, 0.4) is 0 Å². The highest BCUT2D eigenvalue weighted by Crippen LogP contribution is 2.29. The number of aryl methyl sites for hydroxylation is 2. The van der Waals surface area contributed by atoms with Gasteiger partial charge < -0.3 is 10.6 Å². The van der Waals surface area contributed by atoms with Crippen LogP contribution in [0.25, 0.3) is 0 Å². The molecule has 1 aromatic rings. The Balaban J connectivity index is 2.44. The number of rotatable bonds is 3. The van der Waals surface area contributed by atoms with Crippen molar-refractivity contribution in [3.8, 4) is 0 Å². The van der Waals surface area contributed by atoms with Crippen molar-refractivity contribution in [2.45, 2.75) is 45.6 Å². The van der Waals surface area contributed by atoms with Gasteiger partial charge in [-0.2, -0.15) is 0 Å². The van der Waals surface area contributed by atoms with Crippen molar-refractivity contribution >= 4 is 23.0 Å². The van der Waals surface area contributed by atoms with Gasteiger partial charge in [-0.05, 0) is 38.3 Å². The van der Waals surface area contributed by atoms with Crippen LogP contribution in [-0.4, -0.2) is 23.1 Å². The maximum absolute atomic E-state index is 5.87. The van der Waals surface area contributed by atoms with Gasteiger partial charge in [-0.25, -0.2) is 4.98 Å². The van der Waals surface area contributed by atoms with Gasteiger partial charge in [0.05, 0.1) is 5.56 Å². The summed E-state index contributed by atoms with van der Waals surface area (Å²) in [5.74, 6) is 0.951. The number of hydrogen-bond donors (Lipinski definition) is 1. The number of hydrogen-bond acceptors (Lipinski definition) is 3. The number of nitrogens with two attached hydrogens (primary N) is 1. The fourth-order valence-electron chi connectivity index (χ4n) is 2.84. The Morgan fingerprint density at radius 2 is 2.00 bits per heavy atom. The van der Waals surface area contributed by atoms with E-state index in [1.807, 2.05) is 13.0 Å². The number of nitrogens with zero attached hydrogens (tertiary/aromatic N) is 2. The van der Waals surface area contributed by atoms with Gasteiger partial charge in [0.1, 0.15) is 10.8 Å². The zero-order chi connectivity index (χ0) is 13.3. The summed E-state index contributed by atoms with van der Waals surface area (Å²) in [4.78, 5) is 7.37. The minimum Gasteiger partial charge on any atom is -0.389 e. The lowest BCUT2D eigenvalue weighted by atomic mass is 10.1. The quantitative estimate of drug-likeness (QED) is 0.851. The van der Waals surface area contributed by atoms with Gasteiger partial charge in [0.25, 0.3) is 0 Å². The molecule has 18 heavy (non-hydrogen) atoms. The molecule has 1 saturated carbocycles. The van der Waals surface area contributed by atoms with Crippen molar-refractivity contribution in [3.05, 3.63) is 22.9 Å². The predicted molar refractivity (Wildman–Crippen MR) is 80.3 cm³/mol. The van der Waals surface area contributed by atoms with E-state index in [1.165, 1.54) is 25.7 Å². The molecule has 3 nitrogen and oxygen atoms in total. The summed E-state index contributed by atoms with van der Waals surface area (Å²) >= 11 is 5.19. The van der Waals surface area contributed by atoms with Crippen molar-refractivity contribution in [1.82, 2.24) is 4.98 Å². The first kappa shape index (κ1) is 13.3. The smallest absolute Gasteiger partial charge is 0.139 e. The van der Waals surface area contributed by atoms with Crippen LogP contribution in [0.5, 0.6) is 0 Å². The van der Waals surface area contributed by atoms with Crippen LogP contribution in [0.15, 0.2) is 6.07 Å². The number of pyridine rings is 1. The van der Waals surface area contributed by atoms with Crippen LogP contribution in [-0.2, 0) is 0 Å². The molecule has 0 atom stereocenters.